The summed E-state index contributed by atoms with van der Waals surface area (Å²) in [6.45, 7) is -3.39. The van der Waals surface area contributed by atoms with E-state index in [9.17, 15) is 34.1 Å². The SMILES string of the molecule is COC1(O[C@@H]2[C@H](O)[C@@H](COP(=O)(O)O[C@H]3[C@@H](OC4(OC)CCOCC4)[C@H](n4cnc5c(N)ncnc54)O[C@@H]3COP(=O)(O)O[C@H]3[C@@H](OC4(OC)CCOCC4)[C@H](n4cnc5c(N)ncnc54)O[C@@H]3COP(=O)(O)O[C@@H]3C(COP(=O)(O)O)O[C@@H](n4cnc5c(N)ncnc54)[C@@H]3OC3(OC)CCOCC3)O[C@H]2n2cnc3c(N)ncnc32)CCOCC1. The van der Waals surface area contributed by atoms with Crippen molar-refractivity contribution in [1.29, 1.82) is 0 Å². The molecule has 16 heterocycles. The third kappa shape index (κ3) is 18.3. The van der Waals surface area contributed by atoms with Crippen molar-refractivity contribution in [2.75, 3.05) is 131 Å². The van der Waals surface area contributed by atoms with Gasteiger partial charge in [-0.05, 0) is 0 Å². The average molecular weight is 1790 g/mol. The maximum absolute atomic E-state index is 15.6. The van der Waals surface area contributed by atoms with Gasteiger partial charge >= 0.3 is 31.3 Å². The van der Waals surface area contributed by atoms with Crippen molar-refractivity contribution < 1.29 is 155 Å². The second-order valence-corrected chi connectivity index (χ2v) is 34.6. The molecule has 57 heteroatoms. The van der Waals surface area contributed by atoms with Crippen LogP contribution in [0.2, 0.25) is 0 Å². The second-order valence-electron chi connectivity index (χ2n) is 29.1. The number of anilines is 4. The molecule has 0 amide bonds. The molecule has 4 unspecified atom stereocenters. The topological polar surface area (TPSA) is 680 Å². The number of aliphatic hydroxyl groups is 1. The Labute approximate surface area is 684 Å². The van der Waals surface area contributed by atoms with Crippen molar-refractivity contribution >= 4 is 99.2 Å². The van der Waals surface area contributed by atoms with Crippen molar-refractivity contribution in [3.8, 4) is 0 Å². The Kier molecular flexibility index (Phi) is 25.7. The summed E-state index contributed by atoms with van der Waals surface area (Å²) in [5, 5.41) is 12.3. The van der Waals surface area contributed by atoms with Crippen LogP contribution in [0.4, 0.5) is 23.3 Å². The fourth-order valence-electron chi connectivity index (χ4n) is 15.8. The molecule has 0 radical (unpaired) electrons. The molecule has 53 nitrogen and oxygen atoms in total. The minimum atomic E-state index is -5.90. The number of imidazole rings is 4. The Morgan fingerprint density at radius 1 is 0.355 bits per heavy atom. The van der Waals surface area contributed by atoms with Gasteiger partial charge in [-0.1, -0.05) is 0 Å². The molecule has 0 bridgehead atoms. The van der Waals surface area contributed by atoms with Crippen molar-refractivity contribution in [3.05, 3.63) is 50.6 Å². The number of nitrogens with two attached hydrogens (primary N) is 4. The number of nitrogen functional groups attached to an aromatic ring is 4. The van der Waals surface area contributed by atoms with E-state index in [0.717, 1.165) is 19.0 Å². The molecule has 0 spiro atoms. The Bertz CT molecular complexity index is 5150. The molecule has 8 aliphatic rings. The van der Waals surface area contributed by atoms with E-state index in [1.807, 2.05) is 0 Å². The summed E-state index contributed by atoms with van der Waals surface area (Å²) in [4.78, 5) is 109. The maximum atomic E-state index is 15.6. The fraction of sp³-hybridized carbons (Fsp3) is 0.688. The Morgan fingerprint density at radius 3 is 0.860 bits per heavy atom. The summed E-state index contributed by atoms with van der Waals surface area (Å²) < 4.78 is 205. The van der Waals surface area contributed by atoms with Crippen molar-refractivity contribution in [3.63, 3.8) is 0 Å². The van der Waals surface area contributed by atoms with E-state index < -0.39 is 179 Å². The predicted octanol–water partition coefficient (Wildman–Crippen LogP) is 0.394. The maximum Gasteiger partial charge on any atom is 0.472 e. The standard InChI is InChI=1S/C64H90N20O33P4/c1-95-61(5-13-99-14-6-61)111-45-41(85)33(107-57(45)81-29-77-37-49(65)69-25-73-53(37)81)21-104-119(89,90)116-43-35(109-59(47(43)113-63(97-3)9-17-101-18-10-63)83-31-79-39-51(67)71-27-75-55(39)83)23-106-121(93,94)117-44-36(110-60(48(44)114-64(98-4)11-19-102-20-12-64)84-32-80-40-52(68)72-28-76-56(40)84)24-105-120(91,92)115-42-34(22-103-118(86,87)88)108-58(46(42)112-62(96-2)7-15-100-16-8-62)82-30-78-38-50(66)70-26-74-54(38)82/h25-36,41-48,57-60,85H,5-24H2,1-4H3,(H,89,90)(H,91,92)(H,93,94)(H2,65,69,73)(H2,66,70,74)(H2,67,71,75)(H2,68,72,76)(H2,86,87,88)/t33-,34?,35-,36-,41-,42-,43-,44-,45-,46-,47-,48-,57-,58-,59-,60-/m1/s1. The summed E-state index contributed by atoms with van der Waals surface area (Å²) in [5.41, 5.74) is 25.6. The van der Waals surface area contributed by atoms with Crippen LogP contribution >= 0.6 is 31.3 Å². The minimum absolute atomic E-state index is 0.00520. The number of phosphoric ester groups is 4. The first kappa shape index (κ1) is 87.6. The lowest BCUT2D eigenvalue weighted by Crippen LogP contribution is -2.49. The lowest BCUT2D eigenvalue weighted by molar-refractivity contribution is -0.293. The van der Waals surface area contributed by atoms with Gasteiger partial charge in [-0.3, -0.25) is 49.9 Å². The minimum Gasteiger partial charge on any atom is -0.387 e. The van der Waals surface area contributed by atoms with E-state index in [1.54, 1.807) is 0 Å². The van der Waals surface area contributed by atoms with Gasteiger partial charge in [-0.2, -0.15) is 0 Å². The Balaban J connectivity index is 0.732. The van der Waals surface area contributed by atoms with Crippen molar-refractivity contribution in [2.45, 2.75) is 173 Å². The lowest BCUT2D eigenvalue weighted by Gasteiger charge is -2.40. The molecule has 0 aliphatic carbocycles. The predicted molar refractivity (Wildman–Crippen MR) is 399 cm³/mol. The molecule has 0 aromatic carbocycles. The van der Waals surface area contributed by atoms with E-state index in [1.165, 1.54) is 78.3 Å². The molecule has 16 rings (SSSR count). The molecular formula is C64H90N20O33P4. The largest absolute Gasteiger partial charge is 0.472 e. The Hall–Kier alpha value is -6.84. The first-order valence-electron chi connectivity index (χ1n) is 37.9. The van der Waals surface area contributed by atoms with Gasteiger partial charge < -0.3 is 128 Å². The number of phosphoric acid groups is 4. The van der Waals surface area contributed by atoms with Crippen LogP contribution in [0.5, 0.6) is 0 Å². The van der Waals surface area contributed by atoms with Crippen LogP contribution in [-0.2, 0) is 126 Å². The van der Waals surface area contributed by atoms with E-state index in [0.29, 0.717) is 0 Å². The Morgan fingerprint density at radius 2 is 0.595 bits per heavy atom. The molecule has 8 saturated heterocycles. The molecule has 664 valence electrons. The van der Waals surface area contributed by atoms with Gasteiger partial charge in [0.15, 0.2) is 93.9 Å². The summed E-state index contributed by atoms with van der Waals surface area (Å²) >= 11 is 0. The van der Waals surface area contributed by atoms with Crippen LogP contribution in [0.1, 0.15) is 76.3 Å². The molecular weight excluding hydrogens is 1700 g/mol. The van der Waals surface area contributed by atoms with Gasteiger partial charge in [0.2, 0.25) is 0 Å². The monoisotopic (exact) mass is 1790 g/mol. The quantitative estimate of drug-likeness (QED) is 0.0193. The first-order chi connectivity index (χ1) is 58.0. The molecule has 8 aromatic heterocycles. The van der Waals surface area contributed by atoms with Crippen molar-refractivity contribution in [1.82, 2.24) is 78.1 Å². The smallest absolute Gasteiger partial charge is 0.387 e. The lowest BCUT2D eigenvalue weighted by atomic mass is 10.1. The highest BCUT2D eigenvalue weighted by atomic mass is 31.2. The van der Waals surface area contributed by atoms with Gasteiger partial charge in [-0.25, -0.2) is 78.1 Å². The number of fused-ring (bicyclic) bond motifs is 4. The fourth-order valence-corrected chi connectivity index (χ4v) is 19.0. The molecule has 8 aromatic rings. The first-order valence-corrected chi connectivity index (χ1v) is 43.9. The molecule has 14 N–H and O–H groups in total. The second kappa shape index (κ2) is 35.5. The summed E-state index contributed by atoms with van der Waals surface area (Å²) in [6, 6.07) is 0. The number of hydrogen-bond acceptors (Lipinski definition) is 44. The van der Waals surface area contributed by atoms with E-state index in [-0.39, 0.29) is 172 Å². The van der Waals surface area contributed by atoms with Gasteiger partial charge in [0.25, 0.3) is 0 Å². The zero-order valence-electron chi connectivity index (χ0n) is 65.0. The van der Waals surface area contributed by atoms with Crippen LogP contribution < -0.4 is 22.9 Å². The van der Waals surface area contributed by atoms with Gasteiger partial charge in [-0.15, -0.1) is 0 Å². The number of methoxy groups -OCH3 is 4. The normalized spacial score (nSPS) is 31.0. The molecule has 8 aliphatic heterocycles. The van der Waals surface area contributed by atoms with E-state index in [4.69, 9.17) is 130 Å². The van der Waals surface area contributed by atoms with Gasteiger partial charge in [0.05, 0.1) is 105 Å². The highest BCUT2D eigenvalue weighted by molar-refractivity contribution is 7.48. The summed E-state index contributed by atoms with van der Waals surface area (Å²) in [7, 11) is -17.3. The number of hydrogen-bond donors (Lipinski definition) is 10. The third-order valence-corrected chi connectivity index (χ3v) is 25.5. The number of nitrogens with zero attached hydrogens (tertiary/aromatic N) is 16. The summed E-state index contributed by atoms with van der Waals surface area (Å²) in [6.07, 6.45) is -17.0. The average Bonchev–Trinajstić information content (AvgIpc) is 1.61. The molecule has 121 heavy (non-hydrogen) atoms. The molecule has 19 atom stereocenters. The molecule has 8 fully saturated rings. The van der Waals surface area contributed by atoms with Crippen LogP contribution in [0.15, 0.2) is 50.6 Å². The number of aromatic nitrogens is 16. The third-order valence-electron chi connectivity index (χ3n) is 22.1. The van der Waals surface area contributed by atoms with Gasteiger partial charge in [0, 0.05) is 79.8 Å². The molecule has 0 saturated carbocycles. The number of aliphatic hydroxyl groups excluding tert-OH is 1. The van der Waals surface area contributed by atoms with Crippen LogP contribution in [0.25, 0.3) is 44.7 Å². The van der Waals surface area contributed by atoms with E-state index >= 15 is 13.7 Å². The van der Waals surface area contributed by atoms with Crippen LogP contribution in [0, 0.1) is 0 Å². The van der Waals surface area contributed by atoms with Crippen LogP contribution in [-0.4, -0.2) is 312 Å². The van der Waals surface area contributed by atoms with Gasteiger partial charge in [0.1, 0.15) is 121 Å². The van der Waals surface area contributed by atoms with E-state index in [2.05, 4.69) is 59.8 Å². The number of ether oxygens (including phenoxy) is 16. The van der Waals surface area contributed by atoms with Crippen molar-refractivity contribution in [2.24, 2.45) is 0 Å². The van der Waals surface area contributed by atoms with Crippen LogP contribution in [0.3, 0.4) is 0 Å². The zero-order valence-corrected chi connectivity index (χ0v) is 68.5. The highest BCUT2D eigenvalue weighted by Gasteiger charge is 2.61. The zero-order chi connectivity index (χ0) is 85.0. The highest BCUT2D eigenvalue weighted by Crippen LogP contribution is 2.57. The number of rotatable bonds is 34. The summed E-state index contributed by atoms with van der Waals surface area (Å²) in [5.74, 6) is -6.33.